The van der Waals surface area contributed by atoms with Crippen LogP contribution in [0.4, 0.5) is 5.69 Å². The second-order valence-electron chi connectivity index (χ2n) is 8.62. The zero-order valence-electron chi connectivity index (χ0n) is 19.4. The lowest BCUT2D eigenvalue weighted by Crippen LogP contribution is -2.29. The number of carbonyl (C=O) groups is 1. The molecule has 0 fully saturated rings. The van der Waals surface area contributed by atoms with Gasteiger partial charge in [-0.3, -0.25) is 14.5 Å². The molecule has 1 aliphatic rings. The molecule has 6 heteroatoms. The normalized spacial score (nSPS) is 15.1. The fraction of sp³-hybridized carbons (Fsp3) is 0.214. The largest absolute Gasteiger partial charge is 0.494 e. The highest BCUT2D eigenvalue weighted by atomic mass is 35.5. The molecule has 5 nitrogen and oxygen atoms in total. The van der Waals surface area contributed by atoms with E-state index in [1.165, 1.54) is 0 Å². The molecule has 4 aromatic rings. The molecule has 0 saturated carbocycles. The van der Waals surface area contributed by atoms with Gasteiger partial charge in [-0.15, -0.1) is 0 Å². The van der Waals surface area contributed by atoms with Gasteiger partial charge in [-0.2, -0.15) is 0 Å². The fourth-order valence-corrected chi connectivity index (χ4v) is 4.66. The summed E-state index contributed by atoms with van der Waals surface area (Å²) in [5, 5.41) is 1.00. The summed E-state index contributed by atoms with van der Waals surface area (Å²) in [6.45, 7) is 8.22. The highest BCUT2D eigenvalue weighted by Crippen LogP contribution is 2.42. The lowest BCUT2D eigenvalue weighted by molar-refractivity contribution is 0.0971. The van der Waals surface area contributed by atoms with Crippen LogP contribution in [0.2, 0.25) is 5.02 Å². The van der Waals surface area contributed by atoms with Gasteiger partial charge in [-0.05, 0) is 86.3 Å². The molecule has 1 unspecified atom stereocenters. The Morgan fingerprint density at radius 1 is 0.971 bits per heavy atom. The molecule has 3 aromatic carbocycles. The Morgan fingerprint density at radius 3 is 2.47 bits per heavy atom. The second kappa shape index (κ2) is 8.33. The van der Waals surface area contributed by atoms with Crippen molar-refractivity contribution in [2.45, 2.75) is 33.7 Å². The van der Waals surface area contributed by atoms with Crippen molar-refractivity contribution in [1.82, 2.24) is 0 Å². The number of nitrogens with zero attached hydrogens (tertiary/aromatic N) is 1. The molecule has 0 bridgehead atoms. The molecule has 0 saturated heterocycles. The fourth-order valence-electron chi connectivity index (χ4n) is 4.48. The van der Waals surface area contributed by atoms with Gasteiger partial charge in [-0.1, -0.05) is 29.8 Å². The summed E-state index contributed by atoms with van der Waals surface area (Å²) >= 11 is 6.42. The van der Waals surface area contributed by atoms with E-state index in [9.17, 15) is 9.59 Å². The average molecular weight is 474 g/mol. The number of carbonyl (C=O) groups excluding carboxylic acids is 1. The van der Waals surface area contributed by atoms with Gasteiger partial charge in [0.05, 0.1) is 23.6 Å². The number of benzene rings is 3. The third-order valence-electron chi connectivity index (χ3n) is 6.40. The van der Waals surface area contributed by atoms with E-state index in [-0.39, 0.29) is 17.1 Å². The summed E-state index contributed by atoms with van der Waals surface area (Å²) in [4.78, 5) is 29.2. The van der Waals surface area contributed by atoms with Crippen LogP contribution in [0, 0.1) is 20.8 Å². The first-order chi connectivity index (χ1) is 16.3. The SMILES string of the molecule is CCOc1cccc(C2c3c(oc4cc(C)c(C)cc4c3=O)C(=O)N2c2ccc(C)c(Cl)c2)c1. The number of hydrogen-bond donors (Lipinski definition) is 0. The number of hydrogen-bond acceptors (Lipinski definition) is 4. The standard InChI is InChI=1S/C28H24ClNO4/c1-5-33-20-8-6-7-18(13-20)25-24-26(31)21-11-16(3)17(4)12-23(21)34-27(24)28(32)30(25)19-10-9-15(2)22(29)14-19/h6-14,25H,5H2,1-4H3. The quantitative estimate of drug-likeness (QED) is 0.338. The maximum absolute atomic E-state index is 13.8. The van der Waals surface area contributed by atoms with Crippen LogP contribution in [0.3, 0.4) is 0 Å². The van der Waals surface area contributed by atoms with Crippen LogP contribution in [0.1, 0.15) is 51.3 Å². The van der Waals surface area contributed by atoms with Crippen LogP contribution in [-0.4, -0.2) is 12.5 Å². The molecule has 0 N–H and O–H groups in total. The van der Waals surface area contributed by atoms with Crippen molar-refractivity contribution in [3.05, 3.63) is 103 Å². The van der Waals surface area contributed by atoms with Crippen LogP contribution in [0.15, 0.2) is 63.8 Å². The van der Waals surface area contributed by atoms with Crippen molar-refractivity contribution in [2.75, 3.05) is 11.5 Å². The van der Waals surface area contributed by atoms with E-state index in [4.69, 9.17) is 20.8 Å². The Hall–Kier alpha value is -3.57. The minimum Gasteiger partial charge on any atom is -0.494 e. The van der Waals surface area contributed by atoms with Crippen LogP contribution in [0.25, 0.3) is 11.0 Å². The summed E-state index contributed by atoms with van der Waals surface area (Å²) in [6, 6.07) is 15.9. The van der Waals surface area contributed by atoms with Crippen molar-refractivity contribution >= 4 is 34.2 Å². The number of ether oxygens (including phenoxy) is 1. The number of halogens is 1. The molecule has 34 heavy (non-hydrogen) atoms. The second-order valence-corrected chi connectivity index (χ2v) is 9.03. The van der Waals surface area contributed by atoms with Crippen LogP contribution < -0.4 is 15.1 Å². The number of anilines is 1. The minimum atomic E-state index is -0.677. The predicted molar refractivity (Wildman–Crippen MR) is 134 cm³/mol. The molecule has 2 heterocycles. The predicted octanol–water partition coefficient (Wildman–Crippen LogP) is 6.52. The van der Waals surface area contributed by atoms with Gasteiger partial charge < -0.3 is 9.15 Å². The smallest absolute Gasteiger partial charge is 0.295 e. The molecule has 1 atom stereocenters. The summed E-state index contributed by atoms with van der Waals surface area (Å²) in [7, 11) is 0. The van der Waals surface area contributed by atoms with Crippen molar-refractivity contribution < 1.29 is 13.9 Å². The maximum atomic E-state index is 13.8. The maximum Gasteiger partial charge on any atom is 0.295 e. The van der Waals surface area contributed by atoms with E-state index < -0.39 is 6.04 Å². The van der Waals surface area contributed by atoms with E-state index in [1.54, 1.807) is 11.0 Å². The van der Waals surface area contributed by atoms with E-state index in [0.717, 1.165) is 22.3 Å². The minimum absolute atomic E-state index is 0.0595. The Labute approximate surface area is 202 Å². The lowest BCUT2D eigenvalue weighted by atomic mass is 9.97. The van der Waals surface area contributed by atoms with Gasteiger partial charge in [0.2, 0.25) is 5.76 Å². The van der Waals surface area contributed by atoms with Gasteiger partial charge in [0.25, 0.3) is 5.91 Å². The van der Waals surface area contributed by atoms with E-state index in [2.05, 4.69) is 0 Å². The van der Waals surface area contributed by atoms with E-state index >= 15 is 0 Å². The molecular weight excluding hydrogens is 450 g/mol. The Bertz CT molecular complexity index is 1520. The number of aryl methyl sites for hydroxylation is 3. The molecule has 5 rings (SSSR count). The van der Waals surface area contributed by atoms with Gasteiger partial charge in [0.1, 0.15) is 11.3 Å². The van der Waals surface area contributed by atoms with Crippen LogP contribution >= 0.6 is 11.6 Å². The summed E-state index contributed by atoms with van der Waals surface area (Å²) in [6.07, 6.45) is 0. The highest BCUT2D eigenvalue weighted by Gasteiger charge is 2.44. The van der Waals surface area contributed by atoms with Gasteiger partial charge in [-0.25, -0.2) is 0 Å². The van der Waals surface area contributed by atoms with Gasteiger partial charge in [0, 0.05) is 10.7 Å². The topological polar surface area (TPSA) is 59.8 Å². The number of fused-ring (bicyclic) bond motifs is 2. The van der Waals surface area contributed by atoms with Crippen molar-refractivity contribution in [2.24, 2.45) is 0 Å². The highest BCUT2D eigenvalue weighted by molar-refractivity contribution is 6.31. The number of amides is 1. The molecule has 172 valence electrons. The Balaban J connectivity index is 1.81. The van der Waals surface area contributed by atoms with Crippen molar-refractivity contribution in [3.8, 4) is 5.75 Å². The molecule has 0 spiro atoms. The molecule has 1 amide bonds. The monoisotopic (exact) mass is 473 g/mol. The van der Waals surface area contributed by atoms with E-state index in [0.29, 0.717) is 39.6 Å². The Morgan fingerprint density at radius 2 is 1.74 bits per heavy atom. The lowest BCUT2D eigenvalue weighted by Gasteiger charge is -2.26. The Kier molecular flexibility index (Phi) is 5.45. The van der Waals surface area contributed by atoms with Crippen molar-refractivity contribution in [3.63, 3.8) is 0 Å². The summed E-state index contributed by atoms with van der Waals surface area (Å²) < 4.78 is 11.8. The van der Waals surface area contributed by atoms with Crippen LogP contribution in [-0.2, 0) is 0 Å². The summed E-state index contributed by atoms with van der Waals surface area (Å²) in [5.41, 5.74) is 4.75. The third-order valence-corrected chi connectivity index (χ3v) is 6.81. The van der Waals surface area contributed by atoms with Crippen LogP contribution in [0.5, 0.6) is 5.75 Å². The van der Waals surface area contributed by atoms with E-state index in [1.807, 2.05) is 76.2 Å². The first-order valence-electron chi connectivity index (χ1n) is 11.2. The molecule has 0 radical (unpaired) electrons. The van der Waals surface area contributed by atoms with Crippen molar-refractivity contribution in [1.29, 1.82) is 0 Å². The zero-order chi connectivity index (χ0) is 24.1. The van der Waals surface area contributed by atoms with Gasteiger partial charge >= 0.3 is 0 Å². The molecule has 0 aliphatic carbocycles. The molecule has 1 aliphatic heterocycles. The summed E-state index contributed by atoms with van der Waals surface area (Å²) in [5.74, 6) is 0.350. The first-order valence-corrected chi connectivity index (χ1v) is 11.6. The molecule has 1 aromatic heterocycles. The first kappa shape index (κ1) is 22.2. The average Bonchev–Trinajstić information content (AvgIpc) is 3.10. The molecular formula is C28H24ClNO4. The number of rotatable bonds is 4. The van der Waals surface area contributed by atoms with Gasteiger partial charge in [0.15, 0.2) is 5.43 Å². The third kappa shape index (κ3) is 3.48. The zero-order valence-corrected chi connectivity index (χ0v) is 20.2.